The van der Waals surface area contributed by atoms with Gasteiger partial charge in [0.15, 0.2) is 11.9 Å². The zero-order chi connectivity index (χ0) is 23.4. The van der Waals surface area contributed by atoms with Crippen molar-refractivity contribution in [2.75, 3.05) is 17.6 Å². The third-order valence-corrected chi connectivity index (χ3v) is 6.21. The number of alkyl halides is 1. The summed E-state index contributed by atoms with van der Waals surface area (Å²) in [5, 5.41) is 14.0. The van der Waals surface area contributed by atoms with E-state index in [0.29, 0.717) is 33.2 Å². The first kappa shape index (κ1) is 23.7. The van der Waals surface area contributed by atoms with Crippen molar-refractivity contribution in [3.8, 4) is 5.75 Å². The minimum Gasteiger partial charge on any atom is -0.485 e. The lowest BCUT2D eigenvalue weighted by atomic mass is 9.99. The largest absolute Gasteiger partial charge is 0.485 e. The molecule has 2 aromatic carbocycles. The van der Waals surface area contributed by atoms with E-state index in [1.807, 2.05) is 36.6 Å². The van der Waals surface area contributed by atoms with Gasteiger partial charge in [0.05, 0.1) is 5.71 Å². The molecule has 1 N–H and O–H groups in total. The number of aromatic nitrogens is 3. The van der Waals surface area contributed by atoms with Gasteiger partial charge in [0.1, 0.15) is 18.2 Å². The van der Waals surface area contributed by atoms with E-state index in [2.05, 4.69) is 20.8 Å². The molecule has 0 radical (unpaired) electrons. The van der Waals surface area contributed by atoms with Crippen LogP contribution in [0.15, 0.2) is 52.8 Å². The van der Waals surface area contributed by atoms with Crippen molar-refractivity contribution in [2.45, 2.75) is 24.3 Å². The van der Waals surface area contributed by atoms with Gasteiger partial charge >= 0.3 is 0 Å². The van der Waals surface area contributed by atoms with Gasteiger partial charge in [-0.25, -0.2) is 4.68 Å². The lowest BCUT2D eigenvalue weighted by Gasteiger charge is -2.13. The van der Waals surface area contributed by atoms with E-state index in [1.165, 1.54) is 16.4 Å². The second-order valence-corrected chi connectivity index (χ2v) is 8.78. The maximum atomic E-state index is 11.8. The minimum atomic E-state index is -0.377. The average Bonchev–Trinajstić information content (AvgIpc) is 3.45. The number of hydrogen-bond acceptors (Lipinski definition) is 7. The molecule has 0 saturated heterocycles. The third-order valence-electron chi connectivity index (χ3n) is 4.77. The highest BCUT2D eigenvalue weighted by atomic mass is 35.5. The molecular weight excluding hydrogens is 509 g/mol. The molecule has 1 aliphatic heterocycles. The van der Waals surface area contributed by atoms with Gasteiger partial charge < -0.3 is 9.57 Å². The monoisotopic (exact) mass is 525 g/mol. The highest BCUT2D eigenvalue weighted by molar-refractivity contribution is 7.98. The molecule has 0 spiro atoms. The Morgan fingerprint density at radius 1 is 1.27 bits per heavy atom. The Bertz CT molecular complexity index is 1200. The molecule has 1 aliphatic rings. The highest BCUT2D eigenvalue weighted by Gasteiger charge is 2.27. The van der Waals surface area contributed by atoms with Crippen molar-refractivity contribution in [1.82, 2.24) is 14.9 Å². The number of hydrogen-bond donors (Lipinski definition) is 1. The van der Waals surface area contributed by atoms with Crippen molar-refractivity contribution < 1.29 is 14.4 Å². The molecule has 33 heavy (non-hydrogen) atoms. The number of para-hydroxylation sites is 1. The number of carbonyl (C=O) groups excluding carboxylic acids is 1. The van der Waals surface area contributed by atoms with Crippen molar-refractivity contribution in [2.24, 2.45) is 5.16 Å². The van der Waals surface area contributed by atoms with Crippen LogP contribution in [0.25, 0.3) is 0 Å². The Kier molecular flexibility index (Phi) is 7.64. The number of nitrogens with zero attached hydrogens (tertiary/aromatic N) is 4. The molecule has 4 rings (SSSR count). The van der Waals surface area contributed by atoms with Crippen LogP contribution >= 0.6 is 46.6 Å². The topological polar surface area (TPSA) is 90.6 Å². The van der Waals surface area contributed by atoms with Gasteiger partial charge in [0.2, 0.25) is 5.16 Å². The predicted octanol–water partition coefficient (Wildman–Crippen LogP) is 5.06. The van der Waals surface area contributed by atoms with E-state index >= 15 is 0 Å². The summed E-state index contributed by atoms with van der Waals surface area (Å²) in [5.74, 6) is 0.445. The number of rotatable bonds is 8. The number of amides is 1. The molecule has 2 heterocycles. The van der Waals surface area contributed by atoms with E-state index < -0.39 is 0 Å². The Hall–Kier alpha value is -2.46. The number of halogens is 3. The highest BCUT2D eigenvalue weighted by Crippen LogP contribution is 2.36. The fraction of sp³-hybridized carbons (Fsp3) is 0.238. The quantitative estimate of drug-likeness (QED) is 0.326. The SMILES string of the molecule is CSc1nnc(COc2ccccc2C2=NOC(c3ccc(Cl)cc3Cl)C2)n1NC(=O)CCl. The number of thioether (sulfide) groups is 1. The van der Waals surface area contributed by atoms with Crippen LogP contribution in [0.5, 0.6) is 5.75 Å². The summed E-state index contributed by atoms with van der Waals surface area (Å²) < 4.78 is 7.50. The van der Waals surface area contributed by atoms with E-state index in [1.54, 1.807) is 12.1 Å². The van der Waals surface area contributed by atoms with Crippen LogP contribution in [-0.4, -0.2) is 38.6 Å². The van der Waals surface area contributed by atoms with E-state index in [9.17, 15) is 4.79 Å². The lowest BCUT2D eigenvalue weighted by molar-refractivity contribution is -0.114. The molecule has 0 saturated carbocycles. The summed E-state index contributed by atoms with van der Waals surface area (Å²) in [6, 6.07) is 12.8. The molecule has 12 heteroatoms. The minimum absolute atomic E-state index is 0.0632. The van der Waals surface area contributed by atoms with Gasteiger partial charge in [-0.2, -0.15) is 0 Å². The molecular formula is C21H18Cl3N5O3S. The first-order chi connectivity index (χ1) is 16.0. The third kappa shape index (κ3) is 5.38. The molecule has 172 valence electrons. The van der Waals surface area contributed by atoms with Crippen LogP contribution in [-0.2, 0) is 16.2 Å². The molecule has 3 aromatic rings. The first-order valence-corrected chi connectivity index (χ1v) is 12.3. The van der Waals surface area contributed by atoms with Crippen molar-refractivity contribution >= 4 is 58.2 Å². The fourth-order valence-electron chi connectivity index (χ4n) is 3.23. The number of nitrogens with one attached hydrogen (secondary N) is 1. The second-order valence-electron chi connectivity index (χ2n) is 6.89. The molecule has 0 bridgehead atoms. The summed E-state index contributed by atoms with van der Waals surface area (Å²) in [6.45, 7) is 0.0632. The zero-order valence-electron chi connectivity index (χ0n) is 17.3. The van der Waals surface area contributed by atoms with Gasteiger partial charge in [0, 0.05) is 27.6 Å². The molecule has 8 nitrogen and oxygen atoms in total. The van der Waals surface area contributed by atoms with Crippen LogP contribution < -0.4 is 10.2 Å². The predicted molar refractivity (Wildman–Crippen MR) is 129 cm³/mol. The Morgan fingerprint density at radius 3 is 2.85 bits per heavy atom. The number of benzene rings is 2. The second kappa shape index (κ2) is 10.6. The molecule has 1 aromatic heterocycles. The molecule has 1 atom stereocenters. The summed E-state index contributed by atoms with van der Waals surface area (Å²) >= 11 is 19.3. The number of ether oxygens (including phenoxy) is 1. The van der Waals surface area contributed by atoms with Crippen LogP contribution in [0.1, 0.15) is 29.5 Å². The van der Waals surface area contributed by atoms with Crippen LogP contribution in [0.3, 0.4) is 0 Å². The van der Waals surface area contributed by atoms with E-state index in [4.69, 9.17) is 44.4 Å². The van der Waals surface area contributed by atoms with Gasteiger partial charge in [-0.1, -0.05) is 58.3 Å². The normalized spacial score (nSPS) is 15.2. The van der Waals surface area contributed by atoms with Gasteiger partial charge in [-0.05, 0) is 30.5 Å². The number of carbonyl (C=O) groups is 1. The molecule has 1 unspecified atom stereocenters. The van der Waals surface area contributed by atoms with Crippen LogP contribution in [0, 0.1) is 0 Å². The average molecular weight is 527 g/mol. The van der Waals surface area contributed by atoms with Gasteiger partial charge in [-0.3, -0.25) is 10.2 Å². The maximum Gasteiger partial charge on any atom is 0.253 e. The molecule has 0 fully saturated rings. The Balaban J connectivity index is 1.50. The van der Waals surface area contributed by atoms with Crippen LogP contribution in [0.4, 0.5) is 0 Å². The molecule has 1 amide bonds. The van der Waals surface area contributed by atoms with Crippen molar-refractivity contribution in [3.05, 3.63) is 69.5 Å². The summed E-state index contributed by atoms with van der Waals surface area (Å²) in [7, 11) is 0. The van der Waals surface area contributed by atoms with Crippen LogP contribution in [0.2, 0.25) is 10.0 Å². The number of oxime groups is 1. The summed E-state index contributed by atoms with van der Waals surface area (Å²) in [6.07, 6.45) is 2.02. The maximum absolute atomic E-state index is 11.8. The summed E-state index contributed by atoms with van der Waals surface area (Å²) in [4.78, 5) is 17.4. The van der Waals surface area contributed by atoms with E-state index in [0.717, 1.165) is 16.8 Å². The van der Waals surface area contributed by atoms with Gasteiger partial charge in [0.25, 0.3) is 5.91 Å². The van der Waals surface area contributed by atoms with Gasteiger partial charge in [-0.15, -0.1) is 21.8 Å². The van der Waals surface area contributed by atoms with E-state index in [-0.39, 0.29) is 24.5 Å². The van der Waals surface area contributed by atoms with Crippen molar-refractivity contribution in [1.29, 1.82) is 0 Å². The Labute approximate surface area is 209 Å². The lowest BCUT2D eigenvalue weighted by Crippen LogP contribution is -2.26. The Morgan fingerprint density at radius 2 is 2.09 bits per heavy atom. The standard InChI is InChI=1S/C21H18Cl3N5O3S/c1-33-21-26-25-19(29(21)27-20(30)10-22)11-31-17-5-3-2-4-14(17)16-9-18(32-28-16)13-7-6-12(23)8-15(13)24/h2-8,18H,9-11H2,1H3,(H,27,30). The smallest absolute Gasteiger partial charge is 0.253 e. The molecule has 0 aliphatic carbocycles. The zero-order valence-corrected chi connectivity index (χ0v) is 20.4. The van der Waals surface area contributed by atoms with Crippen molar-refractivity contribution in [3.63, 3.8) is 0 Å². The first-order valence-electron chi connectivity index (χ1n) is 9.74. The summed E-state index contributed by atoms with van der Waals surface area (Å²) in [5.41, 5.74) is 4.97. The fourth-order valence-corrected chi connectivity index (χ4v) is 4.28.